The van der Waals surface area contributed by atoms with E-state index >= 15 is 0 Å². The summed E-state index contributed by atoms with van der Waals surface area (Å²) in [6.45, 7) is -0.228. The number of benzene rings is 1. The van der Waals surface area contributed by atoms with E-state index in [9.17, 15) is 4.39 Å². The van der Waals surface area contributed by atoms with Gasteiger partial charge in [0, 0.05) is 5.56 Å². The Morgan fingerprint density at radius 1 is 1.50 bits per heavy atom. The predicted molar refractivity (Wildman–Crippen MR) is 45.4 cm³/mol. The minimum Gasteiger partial charge on any atom is -0.384 e. The van der Waals surface area contributed by atoms with Gasteiger partial charge in [0.2, 0.25) is 0 Å². The molecule has 3 heteroatoms. The van der Waals surface area contributed by atoms with Crippen molar-refractivity contribution in [2.45, 2.75) is 0 Å². The normalized spacial score (nSPS) is 8.92. The van der Waals surface area contributed by atoms with Crippen LogP contribution in [0.25, 0.3) is 0 Å². The third-order valence-electron chi connectivity index (χ3n) is 1.23. The zero-order valence-corrected chi connectivity index (χ0v) is 6.90. The lowest BCUT2D eigenvalue weighted by Gasteiger charge is -1.94. The summed E-state index contributed by atoms with van der Waals surface area (Å²) in [6.07, 6.45) is 0. The van der Waals surface area contributed by atoms with Gasteiger partial charge < -0.3 is 5.11 Å². The predicted octanol–water partition coefficient (Wildman–Crippen LogP) is 1.82. The topological polar surface area (TPSA) is 20.2 Å². The summed E-state index contributed by atoms with van der Waals surface area (Å²) >= 11 is 5.64. The largest absolute Gasteiger partial charge is 0.384 e. The first kappa shape index (κ1) is 9.05. The number of aliphatic hydroxyl groups excluding tert-OH is 1. The molecule has 0 saturated heterocycles. The molecule has 0 aromatic heterocycles. The van der Waals surface area contributed by atoms with Crippen molar-refractivity contribution in [3.05, 3.63) is 34.6 Å². The van der Waals surface area contributed by atoms with E-state index in [4.69, 9.17) is 16.7 Å². The Kier molecular flexibility index (Phi) is 3.09. The van der Waals surface area contributed by atoms with Crippen LogP contribution in [0.3, 0.4) is 0 Å². The molecule has 12 heavy (non-hydrogen) atoms. The van der Waals surface area contributed by atoms with Crippen LogP contribution >= 0.6 is 11.6 Å². The minimum atomic E-state index is -0.394. The summed E-state index contributed by atoms with van der Waals surface area (Å²) in [5.74, 6) is 4.62. The van der Waals surface area contributed by atoms with E-state index in [1.54, 1.807) is 0 Å². The zero-order chi connectivity index (χ0) is 8.97. The lowest BCUT2D eigenvalue weighted by molar-refractivity contribution is 0.350. The van der Waals surface area contributed by atoms with E-state index in [2.05, 4.69) is 11.8 Å². The molecule has 1 N–H and O–H groups in total. The van der Waals surface area contributed by atoms with Crippen molar-refractivity contribution >= 4 is 11.6 Å². The van der Waals surface area contributed by atoms with Gasteiger partial charge in [0.05, 0.1) is 5.02 Å². The third-order valence-corrected chi connectivity index (χ3v) is 1.55. The number of aliphatic hydroxyl groups is 1. The van der Waals surface area contributed by atoms with Crippen LogP contribution in [-0.2, 0) is 0 Å². The first-order valence-electron chi connectivity index (χ1n) is 3.29. The highest BCUT2D eigenvalue weighted by molar-refractivity contribution is 6.31. The highest BCUT2D eigenvalue weighted by Crippen LogP contribution is 2.15. The quantitative estimate of drug-likeness (QED) is 0.610. The van der Waals surface area contributed by atoms with Crippen molar-refractivity contribution in [2.24, 2.45) is 0 Å². The average molecular weight is 185 g/mol. The lowest BCUT2D eigenvalue weighted by Crippen LogP contribution is -1.80. The van der Waals surface area contributed by atoms with Gasteiger partial charge in [-0.2, -0.15) is 0 Å². The van der Waals surface area contributed by atoms with Crippen LogP contribution in [0.1, 0.15) is 5.56 Å². The van der Waals surface area contributed by atoms with Gasteiger partial charge in [-0.1, -0.05) is 23.4 Å². The van der Waals surface area contributed by atoms with Gasteiger partial charge in [0.25, 0.3) is 0 Å². The molecule has 0 unspecified atom stereocenters. The SMILES string of the molecule is OCC#Cc1ccc(F)cc1Cl. The molecular weight excluding hydrogens is 179 g/mol. The first-order valence-corrected chi connectivity index (χ1v) is 3.66. The molecule has 0 amide bonds. The summed E-state index contributed by atoms with van der Waals surface area (Å²) in [5.41, 5.74) is 0.520. The summed E-state index contributed by atoms with van der Waals surface area (Å²) < 4.78 is 12.5. The molecule has 0 aliphatic rings. The molecule has 0 saturated carbocycles. The molecule has 1 aromatic rings. The molecule has 1 rings (SSSR count). The minimum absolute atomic E-state index is 0.228. The Bertz CT molecular complexity index is 338. The van der Waals surface area contributed by atoms with Gasteiger partial charge in [-0.15, -0.1) is 0 Å². The van der Waals surface area contributed by atoms with Crippen molar-refractivity contribution < 1.29 is 9.50 Å². The van der Waals surface area contributed by atoms with Crippen molar-refractivity contribution in [3.63, 3.8) is 0 Å². The van der Waals surface area contributed by atoms with E-state index in [0.717, 1.165) is 0 Å². The van der Waals surface area contributed by atoms with Crippen LogP contribution in [0.4, 0.5) is 4.39 Å². The van der Waals surface area contributed by atoms with E-state index in [0.29, 0.717) is 5.56 Å². The Labute approximate surface area is 74.8 Å². The van der Waals surface area contributed by atoms with Crippen LogP contribution < -0.4 is 0 Å². The van der Waals surface area contributed by atoms with Gasteiger partial charge in [0.15, 0.2) is 0 Å². The second-order valence-electron chi connectivity index (χ2n) is 2.08. The molecule has 62 valence electrons. The standard InChI is InChI=1S/C9H6ClFO/c10-9-6-8(11)4-3-7(9)2-1-5-12/h3-4,6,12H,5H2. The van der Waals surface area contributed by atoms with E-state index in [-0.39, 0.29) is 11.6 Å². The molecule has 0 heterocycles. The summed E-state index contributed by atoms with van der Waals surface area (Å²) in [4.78, 5) is 0. The fraction of sp³-hybridized carbons (Fsp3) is 0.111. The number of hydrogen-bond donors (Lipinski definition) is 1. The van der Waals surface area contributed by atoms with Crippen molar-refractivity contribution in [1.29, 1.82) is 0 Å². The Morgan fingerprint density at radius 3 is 2.83 bits per heavy atom. The fourth-order valence-corrected chi connectivity index (χ4v) is 0.940. The van der Waals surface area contributed by atoms with Crippen LogP contribution in [-0.4, -0.2) is 11.7 Å². The molecule has 0 aliphatic heterocycles. The molecular formula is C9H6ClFO. The van der Waals surface area contributed by atoms with Crippen molar-refractivity contribution in [2.75, 3.05) is 6.61 Å². The average Bonchev–Trinajstić information content (AvgIpc) is 2.03. The zero-order valence-electron chi connectivity index (χ0n) is 6.14. The maximum Gasteiger partial charge on any atom is 0.124 e. The fourth-order valence-electron chi connectivity index (χ4n) is 0.726. The Balaban J connectivity index is 3.01. The number of halogens is 2. The number of rotatable bonds is 0. The van der Waals surface area contributed by atoms with Crippen molar-refractivity contribution in [1.82, 2.24) is 0 Å². The summed E-state index contributed by atoms with van der Waals surface area (Å²) in [5, 5.41) is 8.64. The van der Waals surface area contributed by atoms with Crippen LogP contribution in [0.5, 0.6) is 0 Å². The molecule has 0 radical (unpaired) electrons. The molecule has 1 aromatic carbocycles. The first-order chi connectivity index (χ1) is 5.74. The third kappa shape index (κ3) is 2.23. The number of hydrogen-bond acceptors (Lipinski definition) is 1. The van der Waals surface area contributed by atoms with Gasteiger partial charge in [-0.25, -0.2) is 4.39 Å². The van der Waals surface area contributed by atoms with Crippen LogP contribution in [0.2, 0.25) is 5.02 Å². The highest BCUT2D eigenvalue weighted by Gasteiger charge is 1.97. The molecule has 0 atom stereocenters. The molecule has 0 bridgehead atoms. The Morgan fingerprint density at radius 2 is 2.25 bits per heavy atom. The van der Waals surface area contributed by atoms with Crippen LogP contribution in [0, 0.1) is 17.7 Å². The smallest absolute Gasteiger partial charge is 0.124 e. The van der Waals surface area contributed by atoms with E-state index in [1.807, 2.05) is 0 Å². The van der Waals surface area contributed by atoms with Gasteiger partial charge >= 0.3 is 0 Å². The molecule has 0 aliphatic carbocycles. The highest BCUT2D eigenvalue weighted by atomic mass is 35.5. The maximum absolute atomic E-state index is 12.5. The lowest BCUT2D eigenvalue weighted by atomic mass is 10.2. The monoisotopic (exact) mass is 184 g/mol. The van der Waals surface area contributed by atoms with Crippen LogP contribution in [0.15, 0.2) is 18.2 Å². The molecule has 1 nitrogen and oxygen atoms in total. The van der Waals surface area contributed by atoms with E-state index in [1.165, 1.54) is 18.2 Å². The second kappa shape index (κ2) is 4.10. The molecule has 0 fully saturated rings. The van der Waals surface area contributed by atoms with Gasteiger partial charge in [-0.05, 0) is 18.2 Å². The van der Waals surface area contributed by atoms with Gasteiger partial charge in [0.1, 0.15) is 12.4 Å². The van der Waals surface area contributed by atoms with Gasteiger partial charge in [-0.3, -0.25) is 0 Å². The summed E-state index contributed by atoms with van der Waals surface area (Å²) in [6, 6.07) is 3.93. The van der Waals surface area contributed by atoms with Crippen molar-refractivity contribution in [3.8, 4) is 11.8 Å². The summed E-state index contributed by atoms with van der Waals surface area (Å²) in [7, 11) is 0. The van der Waals surface area contributed by atoms with E-state index < -0.39 is 5.82 Å². The molecule has 0 spiro atoms. The maximum atomic E-state index is 12.5. The second-order valence-corrected chi connectivity index (χ2v) is 2.49. The Hall–Kier alpha value is -1.04.